The smallest absolute Gasteiger partial charge is 0.278 e. The minimum atomic E-state index is -0.211. The van der Waals surface area contributed by atoms with Gasteiger partial charge in [0.05, 0.1) is 11.3 Å². The van der Waals surface area contributed by atoms with Crippen LogP contribution < -0.4 is 10.5 Å². The number of anilines is 1. The van der Waals surface area contributed by atoms with E-state index in [0.717, 1.165) is 23.5 Å². The Morgan fingerprint density at radius 1 is 1.00 bits per heavy atom. The fourth-order valence-electron chi connectivity index (χ4n) is 3.78. The van der Waals surface area contributed by atoms with Crippen molar-refractivity contribution in [2.75, 3.05) is 11.4 Å². The summed E-state index contributed by atoms with van der Waals surface area (Å²) in [7, 11) is 1.82. The molecular formula is C24H23N3O3. The highest BCUT2D eigenvalue weighted by atomic mass is 16.2. The van der Waals surface area contributed by atoms with Crippen LogP contribution in [0.25, 0.3) is 11.8 Å². The van der Waals surface area contributed by atoms with Crippen molar-refractivity contribution in [2.45, 2.75) is 19.8 Å². The molecule has 2 aromatic carbocycles. The van der Waals surface area contributed by atoms with Crippen molar-refractivity contribution in [2.24, 2.45) is 7.05 Å². The second-order valence-electron chi connectivity index (χ2n) is 7.37. The van der Waals surface area contributed by atoms with Crippen LogP contribution in [0, 0.1) is 6.92 Å². The average Bonchev–Trinajstić information content (AvgIpc) is 3.28. The standard InChI is InChI=1S/C24H23N3O3/c1-17-21(24(30)27(25(17)2)19-9-4-3-5-10-19)13-14-22(28)18-8-6-11-20(16-18)26-15-7-12-23(26)29/h3-6,8-11,13-14,16H,7,12,15H2,1-2H3. The highest BCUT2D eigenvalue weighted by Crippen LogP contribution is 2.22. The third kappa shape index (κ3) is 3.52. The maximum atomic E-state index is 13.0. The summed E-state index contributed by atoms with van der Waals surface area (Å²) in [5.74, 6) is -0.131. The number of allylic oxidation sites excluding steroid dienone is 1. The van der Waals surface area contributed by atoms with Crippen molar-refractivity contribution >= 4 is 23.5 Å². The summed E-state index contributed by atoms with van der Waals surface area (Å²) in [6.07, 6.45) is 4.37. The number of hydrogen-bond acceptors (Lipinski definition) is 3. The van der Waals surface area contributed by atoms with E-state index >= 15 is 0 Å². The van der Waals surface area contributed by atoms with Gasteiger partial charge in [0, 0.05) is 37.0 Å². The predicted octanol–water partition coefficient (Wildman–Crippen LogP) is 3.51. The minimum absolute atomic E-state index is 0.0801. The summed E-state index contributed by atoms with van der Waals surface area (Å²) < 4.78 is 3.36. The van der Waals surface area contributed by atoms with Crippen molar-refractivity contribution < 1.29 is 9.59 Å². The number of carbonyl (C=O) groups excluding carboxylic acids is 2. The lowest BCUT2D eigenvalue weighted by Gasteiger charge is -2.16. The van der Waals surface area contributed by atoms with Gasteiger partial charge in [0.25, 0.3) is 5.56 Å². The lowest BCUT2D eigenvalue weighted by atomic mass is 10.1. The van der Waals surface area contributed by atoms with Crippen LogP contribution >= 0.6 is 0 Å². The molecule has 0 unspecified atom stereocenters. The molecule has 0 N–H and O–H groups in total. The van der Waals surface area contributed by atoms with Gasteiger partial charge in [-0.25, -0.2) is 4.68 Å². The van der Waals surface area contributed by atoms with E-state index in [1.165, 1.54) is 6.08 Å². The van der Waals surface area contributed by atoms with Crippen molar-refractivity contribution in [1.82, 2.24) is 9.36 Å². The molecule has 1 aromatic heterocycles. The molecule has 6 heteroatoms. The van der Waals surface area contributed by atoms with Gasteiger partial charge in [-0.15, -0.1) is 0 Å². The lowest BCUT2D eigenvalue weighted by molar-refractivity contribution is -0.117. The van der Waals surface area contributed by atoms with E-state index in [4.69, 9.17) is 0 Å². The van der Waals surface area contributed by atoms with Gasteiger partial charge in [-0.3, -0.25) is 19.1 Å². The maximum Gasteiger partial charge on any atom is 0.278 e. The second kappa shape index (κ2) is 7.99. The third-order valence-electron chi connectivity index (χ3n) is 5.52. The van der Waals surface area contributed by atoms with Gasteiger partial charge in [0.2, 0.25) is 5.91 Å². The van der Waals surface area contributed by atoms with Gasteiger partial charge in [0.1, 0.15) is 0 Å². The molecule has 152 valence electrons. The zero-order valence-electron chi connectivity index (χ0n) is 17.0. The van der Waals surface area contributed by atoms with E-state index in [9.17, 15) is 14.4 Å². The monoisotopic (exact) mass is 401 g/mol. The van der Waals surface area contributed by atoms with E-state index in [2.05, 4.69) is 0 Å². The topological polar surface area (TPSA) is 64.3 Å². The largest absolute Gasteiger partial charge is 0.312 e. The van der Waals surface area contributed by atoms with Crippen LogP contribution in [0.3, 0.4) is 0 Å². The molecule has 0 atom stereocenters. The summed E-state index contributed by atoms with van der Waals surface area (Å²) >= 11 is 0. The van der Waals surface area contributed by atoms with Crippen LogP contribution in [0.5, 0.6) is 0 Å². The Morgan fingerprint density at radius 2 is 1.73 bits per heavy atom. The molecule has 0 radical (unpaired) electrons. The summed E-state index contributed by atoms with van der Waals surface area (Å²) in [6, 6.07) is 16.4. The van der Waals surface area contributed by atoms with Crippen LogP contribution in [0.2, 0.25) is 0 Å². The van der Waals surface area contributed by atoms with Gasteiger partial charge in [-0.1, -0.05) is 30.3 Å². The first-order valence-corrected chi connectivity index (χ1v) is 9.94. The van der Waals surface area contributed by atoms with Gasteiger partial charge in [-0.05, 0) is 49.8 Å². The van der Waals surface area contributed by atoms with Gasteiger partial charge in [-0.2, -0.15) is 0 Å². The first-order chi connectivity index (χ1) is 14.5. The Bertz CT molecular complexity index is 1200. The molecule has 1 aliphatic heterocycles. The van der Waals surface area contributed by atoms with Crippen molar-refractivity contribution in [3.63, 3.8) is 0 Å². The molecule has 1 saturated heterocycles. The first kappa shape index (κ1) is 19.6. The fraction of sp³-hybridized carbons (Fsp3) is 0.208. The molecule has 0 saturated carbocycles. The summed E-state index contributed by atoms with van der Waals surface area (Å²) in [4.78, 5) is 39.4. The zero-order chi connectivity index (χ0) is 21.3. The van der Waals surface area contributed by atoms with Crippen molar-refractivity contribution in [3.8, 4) is 5.69 Å². The van der Waals surface area contributed by atoms with E-state index in [-0.39, 0.29) is 17.2 Å². The highest BCUT2D eigenvalue weighted by Gasteiger charge is 2.22. The van der Waals surface area contributed by atoms with Crippen LogP contribution in [0.1, 0.15) is 34.5 Å². The maximum absolute atomic E-state index is 13.0. The Labute approximate surface area is 174 Å². The Morgan fingerprint density at radius 3 is 2.43 bits per heavy atom. The second-order valence-corrected chi connectivity index (χ2v) is 7.37. The quantitative estimate of drug-likeness (QED) is 0.485. The summed E-state index contributed by atoms with van der Waals surface area (Å²) in [5.41, 5.74) is 3.05. The number of nitrogens with zero attached hydrogens (tertiary/aromatic N) is 3. The van der Waals surface area contributed by atoms with Crippen LogP contribution in [-0.4, -0.2) is 27.6 Å². The lowest BCUT2D eigenvalue weighted by Crippen LogP contribution is -2.23. The van der Waals surface area contributed by atoms with E-state index in [1.54, 1.807) is 38.5 Å². The SMILES string of the molecule is Cc1c(C=CC(=O)c2cccc(N3CCCC3=O)c2)c(=O)n(-c2ccccc2)n1C. The number of carbonyl (C=O) groups is 2. The normalized spacial score (nSPS) is 14.1. The molecule has 1 amide bonds. The fourth-order valence-corrected chi connectivity index (χ4v) is 3.78. The number of aromatic nitrogens is 2. The number of para-hydroxylation sites is 1. The Kier molecular flexibility index (Phi) is 5.23. The molecule has 0 spiro atoms. The summed E-state index contributed by atoms with van der Waals surface area (Å²) in [5, 5.41) is 0. The van der Waals surface area contributed by atoms with E-state index in [1.807, 2.05) is 50.4 Å². The predicted molar refractivity (Wildman–Crippen MR) is 117 cm³/mol. The molecule has 6 nitrogen and oxygen atoms in total. The van der Waals surface area contributed by atoms with Crippen molar-refractivity contribution in [3.05, 3.63) is 87.8 Å². The molecule has 3 aromatic rings. The van der Waals surface area contributed by atoms with Crippen LogP contribution in [-0.2, 0) is 11.8 Å². The summed E-state index contributed by atoms with van der Waals surface area (Å²) in [6.45, 7) is 2.53. The molecule has 4 rings (SSSR count). The van der Waals surface area contributed by atoms with Gasteiger partial charge >= 0.3 is 0 Å². The molecule has 1 fully saturated rings. The number of benzene rings is 2. The minimum Gasteiger partial charge on any atom is -0.312 e. The Hall–Kier alpha value is -3.67. The molecule has 30 heavy (non-hydrogen) atoms. The van der Waals surface area contributed by atoms with Crippen molar-refractivity contribution in [1.29, 1.82) is 0 Å². The highest BCUT2D eigenvalue weighted by molar-refractivity contribution is 6.08. The van der Waals surface area contributed by atoms with E-state index in [0.29, 0.717) is 24.1 Å². The third-order valence-corrected chi connectivity index (χ3v) is 5.52. The number of hydrogen-bond donors (Lipinski definition) is 0. The molecule has 0 bridgehead atoms. The zero-order valence-corrected chi connectivity index (χ0v) is 17.0. The molecule has 0 aliphatic carbocycles. The Balaban J connectivity index is 1.63. The number of rotatable bonds is 5. The first-order valence-electron chi connectivity index (χ1n) is 9.94. The molecule has 1 aliphatic rings. The van der Waals surface area contributed by atoms with E-state index < -0.39 is 0 Å². The molecule has 2 heterocycles. The number of amides is 1. The molecular weight excluding hydrogens is 378 g/mol. The van der Waals surface area contributed by atoms with Gasteiger partial charge < -0.3 is 4.90 Å². The number of ketones is 1. The van der Waals surface area contributed by atoms with Crippen LogP contribution in [0.15, 0.2) is 65.5 Å². The van der Waals surface area contributed by atoms with Gasteiger partial charge in [0.15, 0.2) is 5.78 Å². The average molecular weight is 401 g/mol. The van der Waals surface area contributed by atoms with Crippen LogP contribution in [0.4, 0.5) is 5.69 Å².